The molecule has 0 fully saturated rings. The number of hydrogen-bond donors (Lipinski definition) is 2. The first-order valence-electron chi connectivity index (χ1n) is 6.22. The summed E-state index contributed by atoms with van der Waals surface area (Å²) >= 11 is 0. The largest absolute Gasteiger partial charge is 0.407 e. The van der Waals surface area contributed by atoms with E-state index in [1.165, 1.54) is 41.5 Å². The molecule has 0 saturated heterocycles. The van der Waals surface area contributed by atoms with Crippen molar-refractivity contribution in [3.8, 4) is 5.69 Å². The van der Waals surface area contributed by atoms with Crippen LogP contribution in [0.1, 0.15) is 11.6 Å². The van der Waals surface area contributed by atoms with Gasteiger partial charge in [-0.05, 0) is 17.7 Å². The number of rotatable bonds is 2. The molecule has 1 unspecified atom stereocenters. The van der Waals surface area contributed by atoms with Gasteiger partial charge in [0.05, 0.1) is 18.2 Å². The van der Waals surface area contributed by atoms with Gasteiger partial charge in [0.1, 0.15) is 11.4 Å². The zero-order valence-electron chi connectivity index (χ0n) is 11.4. The number of alkyl halides is 3. The number of halogens is 4. The van der Waals surface area contributed by atoms with Crippen LogP contribution in [0.25, 0.3) is 16.7 Å². The van der Waals surface area contributed by atoms with Gasteiger partial charge < -0.3 is 10.7 Å². The average molecular weight is 346 g/mol. The van der Waals surface area contributed by atoms with Gasteiger partial charge in [-0.25, -0.2) is 9.67 Å². The van der Waals surface area contributed by atoms with Gasteiger partial charge in [-0.1, -0.05) is 12.1 Å². The number of H-pyrrole nitrogens is 1. The molecule has 10 heteroatoms. The standard InChI is InChI=1S/C13H10F3N5O.ClH/c14-13(15,16)10(17)7-1-3-8(4-2-7)21-11-9(5-20-21)12(22)19-6-18-11;/h1-6,10H,17H2,(H,18,19,22);1H. The summed E-state index contributed by atoms with van der Waals surface area (Å²) in [5.41, 5.74) is 5.54. The van der Waals surface area contributed by atoms with E-state index in [1.807, 2.05) is 0 Å². The lowest BCUT2D eigenvalue weighted by molar-refractivity contribution is -0.149. The molecule has 0 aliphatic rings. The lowest BCUT2D eigenvalue weighted by atomic mass is 10.1. The van der Waals surface area contributed by atoms with E-state index in [0.717, 1.165) is 0 Å². The summed E-state index contributed by atoms with van der Waals surface area (Å²) in [6, 6.07) is 3.38. The van der Waals surface area contributed by atoms with Crippen LogP contribution in [0.5, 0.6) is 0 Å². The molecule has 0 radical (unpaired) electrons. The molecule has 1 atom stereocenters. The first-order valence-corrected chi connectivity index (χ1v) is 6.22. The Morgan fingerprint density at radius 1 is 1.22 bits per heavy atom. The van der Waals surface area contributed by atoms with E-state index in [0.29, 0.717) is 16.7 Å². The molecule has 122 valence electrons. The highest BCUT2D eigenvalue weighted by atomic mass is 35.5. The first-order chi connectivity index (χ1) is 10.4. The molecule has 0 spiro atoms. The molecule has 0 amide bonds. The molecule has 0 aliphatic carbocycles. The second kappa shape index (κ2) is 6.01. The van der Waals surface area contributed by atoms with Crippen LogP contribution < -0.4 is 11.3 Å². The maximum atomic E-state index is 12.6. The van der Waals surface area contributed by atoms with Crippen LogP contribution in [0.2, 0.25) is 0 Å². The first kappa shape index (κ1) is 17.0. The van der Waals surface area contributed by atoms with Crippen molar-refractivity contribution in [3.05, 3.63) is 52.7 Å². The van der Waals surface area contributed by atoms with Gasteiger partial charge in [0, 0.05) is 0 Å². The second-order valence-electron chi connectivity index (χ2n) is 4.64. The predicted octanol–water partition coefficient (Wildman–Crippen LogP) is 2.09. The molecule has 0 saturated carbocycles. The lowest BCUT2D eigenvalue weighted by Crippen LogP contribution is -2.28. The summed E-state index contributed by atoms with van der Waals surface area (Å²) < 4.78 is 39.1. The third-order valence-electron chi connectivity index (χ3n) is 3.22. The lowest BCUT2D eigenvalue weighted by Gasteiger charge is -2.16. The Hall–Kier alpha value is -2.39. The molecular weight excluding hydrogens is 335 g/mol. The van der Waals surface area contributed by atoms with Crippen LogP contribution in [0.15, 0.2) is 41.6 Å². The van der Waals surface area contributed by atoms with Crippen LogP contribution >= 0.6 is 12.4 Å². The zero-order chi connectivity index (χ0) is 15.9. The molecule has 0 aliphatic heterocycles. The average Bonchev–Trinajstić information content (AvgIpc) is 2.91. The van der Waals surface area contributed by atoms with Crippen LogP contribution in [0.4, 0.5) is 13.2 Å². The van der Waals surface area contributed by atoms with Gasteiger partial charge in [-0.15, -0.1) is 12.4 Å². The van der Waals surface area contributed by atoms with E-state index in [-0.39, 0.29) is 23.5 Å². The van der Waals surface area contributed by atoms with Crippen molar-refractivity contribution in [2.45, 2.75) is 12.2 Å². The van der Waals surface area contributed by atoms with E-state index in [2.05, 4.69) is 15.1 Å². The minimum Gasteiger partial charge on any atom is -0.316 e. The number of aromatic amines is 1. The van der Waals surface area contributed by atoms with Crippen LogP contribution in [0.3, 0.4) is 0 Å². The van der Waals surface area contributed by atoms with E-state index >= 15 is 0 Å². The molecular formula is C13H11ClF3N5O. The highest BCUT2D eigenvalue weighted by Crippen LogP contribution is 2.30. The number of benzene rings is 1. The number of nitrogens with zero attached hydrogens (tertiary/aromatic N) is 3. The van der Waals surface area contributed by atoms with Crippen molar-refractivity contribution < 1.29 is 13.2 Å². The molecule has 3 rings (SSSR count). The fourth-order valence-corrected chi connectivity index (χ4v) is 2.06. The van der Waals surface area contributed by atoms with Gasteiger partial charge in [0.15, 0.2) is 5.65 Å². The number of aromatic nitrogens is 4. The van der Waals surface area contributed by atoms with E-state index in [4.69, 9.17) is 5.73 Å². The zero-order valence-corrected chi connectivity index (χ0v) is 12.2. The smallest absolute Gasteiger partial charge is 0.316 e. The Morgan fingerprint density at radius 2 is 1.87 bits per heavy atom. The van der Waals surface area contributed by atoms with Gasteiger partial charge >= 0.3 is 6.18 Å². The van der Waals surface area contributed by atoms with Gasteiger partial charge in [0.2, 0.25) is 0 Å². The number of nitrogens with two attached hydrogens (primary N) is 1. The van der Waals surface area contributed by atoms with E-state index < -0.39 is 12.2 Å². The maximum absolute atomic E-state index is 12.6. The fourth-order valence-electron chi connectivity index (χ4n) is 2.06. The summed E-state index contributed by atoms with van der Waals surface area (Å²) in [6.45, 7) is 0. The van der Waals surface area contributed by atoms with Gasteiger partial charge in [-0.3, -0.25) is 4.79 Å². The normalized spacial score (nSPS) is 12.9. The third-order valence-corrected chi connectivity index (χ3v) is 3.22. The molecule has 23 heavy (non-hydrogen) atoms. The highest BCUT2D eigenvalue weighted by molar-refractivity contribution is 5.85. The summed E-state index contributed by atoms with van der Waals surface area (Å²) in [7, 11) is 0. The molecule has 1 aromatic carbocycles. The molecule has 3 N–H and O–H groups in total. The molecule has 0 bridgehead atoms. The minimum absolute atomic E-state index is 0. The van der Waals surface area contributed by atoms with E-state index in [1.54, 1.807) is 0 Å². The van der Waals surface area contributed by atoms with Crippen molar-refractivity contribution in [1.82, 2.24) is 19.7 Å². The number of nitrogens with one attached hydrogen (secondary N) is 1. The van der Waals surface area contributed by atoms with Crippen molar-refractivity contribution in [3.63, 3.8) is 0 Å². The summed E-state index contributed by atoms with van der Waals surface area (Å²) in [5, 5.41) is 4.32. The van der Waals surface area contributed by atoms with Crippen molar-refractivity contribution in [2.24, 2.45) is 5.73 Å². The Kier molecular flexibility index (Phi) is 4.44. The summed E-state index contributed by atoms with van der Waals surface area (Å²) in [6.07, 6.45) is -1.93. The molecule has 3 aromatic rings. The molecule has 6 nitrogen and oxygen atoms in total. The fraction of sp³-hybridized carbons (Fsp3) is 0.154. The van der Waals surface area contributed by atoms with Crippen LogP contribution in [-0.4, -0.2) is 25.9 Å². The van der Waals surface area contributed by atoms with Crippen molar-refractivity contribution >= 4 is 23.4 Å². The summed E-state index contributed by atoms with van der Waals surface area (Å²) in [5.74, 6) is 0. The number of fused-ring (bicyclic) bond motifs is 1. The Morgan fingerprint density at radius 3 is 2.48 bits per heavy atom. The Balaban J connectivity index is 0.00000192. The Bertz CT molecular complexity index is 872. The van der Waals surface area contributed by atoms with Gasteiger partial charge in [0.25, 0.3) is 5.56 Å². The van der Waals surface area contributed by atoms with Gasteiger partial charge in [-0.2, -0.15) is 18.3 Å². The van der Waals surface area contributed by atoms with Crippen molar-refractivity contribution in [2.75, 3.05) is 0 Å². The SMILES string of the molecule is Cl.NC(c1ccc(-n2ncc3c(=O)[nH]cnc32)cc1)C(F)(F)F. The summed E-state index contributed by atoms with van der Waals surface area (Å²) in [4.78, 5) is 18.0. The third kappa shape index (κ3) is 3.06. The van der Waals surface area contributed by atoms with Crippen molar-refractivity contribution in [1.29, 1.82) is 0 Å². The molecule has 2 heterocycles. The van der Waals surface area contributed by atoms with Crippen LogP contribution in [-0.2, 0) is 0 Å². The Labute approximate surface area is 133 Å². The predicted molar refractivity (Wildman–Crippen MR) is 79.7 cm³/mol. The molecule has 2 aromatic heterocycles. The number of hydrogen-bond acceptors (Lipinski definition) is 4. The maximum Gasteiger partial charge on any atom is 0.407 e. The quantitative estimate of drug-likeness (QED) is 0.744. The van der Waals surface area contributed by atoms with E-state index in [9.17, 15) is 18.0 Å². The second-order valence-corrected chi connectivity index (χ2v) is 4.64. The topological polar surface area (TPSA) is 89.6 Å². The monoisotopic (exact) mass is 345 g/mol. The minimum atomic E-state index is -4.51. The van der Waals surface area contributed by atoms with Crippen LogP contribution in [0, 0.1) is 0 Å². The highest BCUT2D eigenvalue weighted by Gasteiger charge is 2.37.